The molecular weight excluding hydrogens is 375 g/mol. The zero-order chi connectivity index (χ0) is 22.0. The van der Waals surface area contributed by atoms with Gasteiger partial charge in [-0.25, -0.2) is 9.37 Å². The van der Waals surface area contributed by atoms with Gasteiger partial charge < -0.3 is 14.1 Å². The summed E-state index contributed by atoms with van der Waals surface area (Å²) in [5.74, 6) is 0.124. The number of rotatable bonds is 3. The van der Waals surface area contributed by atoms with E-state index in [-0.39, 0.29) is 11.8 Å². The van der Waals surface area contributed by atoms with Crippen molar-refractivity contribution < 1.29 is 18.7 Å². The molecule has 0 saturated carbocycles. The highest BCUT2D eigenvalue weighted by Crippen LogP contribution is 2.25. The molecule has 156 valence electrons. The van der Waals surface area contributed by atoms with Gasteiger partial charge in [-0.2, -0.15) is 4.98 Å². The summed E-state index contributed by atoms with van der Waals surface area (Å²) < 4.78 is 20.5. The third kappa shape index (κ3) is 5.39. The molecule has 0 radical (unpaired) electrons. The van der Waals surface area contributed by atoms with Crippen molar-refractivity contribution in [2.24, 2.45) is 7.05 Å². The van der Waals surface area contributed by atoms with E-state index in [9.17, 15) is 9.18 Å². The molecule has 0 aliphatic rings. The molecule has 7 nitrogen and oxygen atoms in total. The van der Waals surface area contributed by atoms with Crippen LogP contribution in [0.4, 0.5) is 16.4 Å². The van der Waals surface area contributed by atoms with Crippen LogP contribution >= 0.6 is 0 Å². The topological polar surface area (TPSA) is 93.2 Å². The van der Waals surface area contributed by atoms with E-state index < -0.39 is 0 Å². The van der Waals surface area contributed by atoms with Gasteiger partial charge in [0.2, 0.25) is 5.95 Å². The molecule has 0 bridgehead atoms. The quantitative estimate of drug-likeness (QED) is 0.465. The van der Waals surface area contributed by atoms with Crippen LogP contribution in [0.15, 0.2) is 40.8 Å². The number of aliphatic hydroxyl groups excluding tert-OH is 1. The van der Waals surface area contributed by atoms with Gasteiger partial charge in [0, 0.05) is 25.8 Å². The summed E-state index contributed by atoms with van der Waals surface area (Å²) in [4.78, 5) is 19.5. The Morgan fingerprint density at radius 2 is 1.72 bits per heavy atom. The minimum absolute atomic E-state index is 0.222. The maximum absolute atomic E-state index is 13.2. The lowest BCUT2D eigenvalue weighted by Gasteiger charge is -2.01. The third-order valence-electron chi connectivity index (χ3n) is 3.61. The average molecular weight is 402 g/mol. The number of aromatic nitrogens is 3. The summed E-state index contributed by atoms with van der Waals surface area (Å²) in [6, 6.07) is 9.62. The number of aryl methyl sites for hydroxylation is 1. The SMILES string of the molecule is CC.CC.CO.Cn1c(Nc2nc3ccc(F)cc3o2)nc2cc(C=O)ccc21. The summed E-state index contributed by atoms with van der Waals surface area (Å²) >= 11 is 0. The number of carbonyl (C=O) groups is 1. The first-order chi connectivity index (χ1) is 14.1. The van der Waals surface area contributed by atoms with E-state index in [4.69, 9.17) is 9.52 Å². The van der Waals surface area contributed by atoms with E-state index in [1.807, 2.05) is 45.4 Å². The Hall–Kier alpha value is -3.26. The van der Waals surface area contributed by atoms with Crippen molar-refractivity contribution in [1.29, 1.82) is 0 Å². The van der Waals surface area contributed by atoms with E-state index in [0.29, 0.717) is 28.1 Å². The lowest BCUT2D eigenvalue weighted by Crippen LogP contribution is -1.98. The van der Waals surface area contributed by atoms with Gasteiger partial charge in [0.15, 0.2) is 5.58 Å². The number of aldehydes is 1. The van der Waals surface area contributed by atoms with Crippen LogP contribution < -0.4 is 5.32 Å². The molecule has 2 aromatic heterocycles. The van der Waals surface area contributed by atoms with Gasteiger partial charge >= 0.3 is 6.01 Å². The van der Waals surface area contributed by atoms with Crippen LogP contribution in [0, 0.1) is 5.82 Å². The molecule has 2 N–H and O–H groups in total. The predicted molar refractivity (Wildman–Crippen MR) is 114 cm³/mol. The van der Waals surface area contributed by atoms with Crippen molar-refractivity contribution in [3.05, 3.63) is 47.8 Å². The summed E-state index contributed by atoms with van der Waals surface area (Å²) in [6.07, 6.45) is 0.774. The number of imidazole rings is 1. The van der Waals surface area contributed by atoms with Crippen LogP contribution in [0.3, 0.4) is 0 Å². The summed E-state index contributed by atoms with van der Waals surface area (Å²) in [7, 11) is 2.83. The van der Waals surface area contributed by atoms with E-state index in [2.05, 4.69) is 15.3 Å². The van der Waals surface area contributed by atoms with Crippen molar-refractivity contribution in [1.82, 2.24) is 14.5 Å². The molecule has 2 heterocycles. The lowest BCUT2D eigenvalue weighted by atomic mass is 10.2. The number of aliphatic hydroxyl groups is 1. The van der Waals surface area contributed by atoms with Gasteiger partial charge in [-0.15, -0.1) is 0 Å². The normalized spacial score (nSPS) is 9.52. The number of hydrogen-bond donors (Lipinski definition) is 2. The number of benzene rings is 2. The molecule has 4 rings (SSSR count). The van der Waals surface area contributed by atoms with Crippen LogP contribution in [0.1, 0.15) is 38.1 Å². The number of nitrogens with one attached hydrogen (secondary N) is 1. The van der Waals surface area contributed by atoms with Crippen LogP contribution in [0.5, 0.6) is 0 Å². The van der Waals surface area contributed by atoms with Crippen molar-refractivity contribution in [2.75, 3.05) is 12.4 Å². The highest BCUT2D eigenvalue weighted by atomic mass is 19.1. The van der Waals surface area contributed by atoms with Crippen molar-refractivity contribution in [2.45, 2.75) is 27.7 Å². The Bertz CT molecular complexity index is 1060. The number of nitrogens with zero attached hydrogens (tertiary/aromatic N) is 3. The van der Waals surface area contributed by atoms with E-state index >= 15 is 0 Å². The van der Waals surface area contributed by atoms with Crippen LogP contribution in [-0.4, -0.2) is 33.0 Å². The van der Waals surface area contributed by atoms with Gasteiger partial charge in [0.1, 0.15) is 17.6 Å². The largest absolute Gasteiger partial charge is 0.423 e. The van der Waals surface area contributed by atoms with E-state index in [0.717, 1.165) is 18.9 Å². The molecule has 0 aliphatic heterocycles. The smallest absolute Gasteiger partial charge is 0.302 e. The highest BCUT2D eigenvalue weighted by molar-refractivity contribution is 5.86. The van der Waals surface area contributed by atoms with Gasteiger partial charge in [-0.05, 0) is 30.3 Å². The summed E-state index contributed by atoms with van der Waals surface area (Å²) in [6.45, 7) is 8.00. The molecular formula is C21H27FN4O3. The van der Waals surface area contributed by atoms with Crippen LogP contribution in [-0.2, 0) is 7.05 Å². The minimum Gasteiger partial charge on any atom is -0.423 e. The standard InChI is InChI=1S/C16H11FN4O2.2C2H6.CH4O/c1-21-13-5-2-9(8-22)6-12(13)18-15(21)20-16-19-11-4-3-10(17)7-14(11)23-16;3*1-2/h2-8H,1H3,(H,18,19,20);2*1-2H3;2H,1H3. The van der Waals surface area contributed by atoms with Crippen molar-refractivity contribution in [3.63, 3.8) is 0 Å². The minimum atomic E-state index is -0.385. The van der Waals surface area contributed by atoms with Crippen molar-refractivity contribution in [3.8, 4) is 0 Å². The first-order valence-electron chi connectivity index (χ1n) is 9.33. The Morgan fingerprint density at radius 3 is 2.38 bits per heavy atom. The first-order valence-corrected chi connectivity index (χ1v) is 9.33. The highest BCUT2D eigenvalue weighted by Gasteiger charge is 2.12. The second-order valence-electron chi connectivity index (χ2n) is 5.12. The fourth-order valence-electron chi connectivity index (χ4n) is 2.45. The van der Waals surface area contributed by atoms with Gasteiger partial charge in [-0.3, -0.25) is 10.1 Å². The second kappa shape index (κ2) is 11.6. The second-order valence-corrected chi connectivity index (χ2v) is 5.12. The first kappa shape index (κ1) is 23.8. The zero-order valence-electron chi connectivity index (χ0n) is 17.5. The molecule has 0 unspecified atom stereocenters. The molecule has 0 spiro atoms. The van der Waals surface area contributed by atoms with Crippen LogP contribution in [0.25, 0.3) is 22.1 Å². The molecule has 0 atom stereocenters. The maximum atomic E-state index is 13.2. The number of halogens is 1. The lowest BCUT2D eigenvalue weighted by molar-refractivity contribution is 0.112. The van der Waals surface area contributed by atoms with Crippen molar-refractivity contribution >= 4 is 40.4 Å². The van der Waals surface area contributed by atoms with Gasteiger partial charge in [-0.1, -0.05) is 27.7 Å². The average Bonchev–Trinajstić information content (AvgIpc) is 3.32. The fraction of sp³-hybridized carbons (Fsp3) is 0.286. The summed E-state index contributed by atoms with van der Waals surface area (Å²) in [5.41, 5.74) is 3.01. The number of fused-ring (bicyclic) bond motifs is 2. The molecule has 29 heavy (non-hydrogen) atoms. The predicted octanol–water partition coefficient (Wildman–Crippen LogP) is 5.07. The summed E-state index contributed by atoms with van der Waals surface area (Å²) in [5, 5.41) is 9.97. The Balaban J connectivity index is 0.000000644. The van der Waals surface area contributed by atoms with Crippen LogP contribution in [0.2, 0.25) is 0 Å². The molecule has 8 heteroatoms. The fourth-order valence-corrected chi connectivity index (χ4v) is 2.45. The Morgan fingerprint density at radius 1 is 1.03 bits per heavy atom. The number of hydrogen-bond acceptors (Lipinski definition) is 6. The molecule has 0 amide bonds. The number of oxazole rings is 1. The van der Waals surface area contributed by atoms with Gasteiger partial charge in [0.05, 0.1) is 11.0 Å². The third-order valence-corrected chi connectivity index (χ3v) is 3.61. The molecule has 0 fully saturated rings. The number of anilines is 2. The molecule has 2 aromatic carbocycles. The Labute approximate surface area is 169 Å². The molecule has 4 aromatic rings. The van der Waals surface area contributed by atoms with E-state index in [1.165, 1.54) is 12.1 Å². The maximum Gasteiger partial charge on any atom is 0.302 e. The number of carbonyl (C=O) groups excluding carboxylic acids is 1. The monoisotopic (exact) mass is 402 g/mol. The van der Waals surface area contributed by atoms with E-state index in [1.54, 1.807) is 18.2 Å². The Kier molecular flexibility index (Phi) is 9.47. The van der Waals surface area contributed by atoms with Gasteiger partial charge in [0.25, 0.3) is 0 Å². The molecule has 0 saturated heterocycles. The molecule has 0 aliphatic carbocycles. The zero-order valence-corrected chi connectivity index (χ0v) is 17.5.